The summed E-state index contributed by atoms with van der Waals surface area (Å²) >= 11 is 0. The van der Waals surface area contributed by atoms with Crippen LogP contribution in [0.4, 0.5) is 0 Å². The Morgan fingerprint density at radius 2 is 0.543 bits per heavy atom. The largest absolute Gasteiger partial charge is 0.0622 e. The van der Waals surface area contributed by atoms with Crippen LogP contribution in [0.5, 0.6) is 0 Å². The van der Waals surface area contributed by atoms with Gasteiger partial charge in [0.2, 0.25) is 0 Å². The van der Waals surface area contributed by atoms with Crippen molar-refractivity contribution in [2.45, 2.75) is 80.1 Å². The molecule has 0 N–H and O–H groups in total. The zero-order valence-corrected chi connectivity index (χ0v) is 42.2. The quantitative estimate of drug-likeness (QED) is 0.154. The second-order valence-electron chi connectivity index (χ2n) is 22.6. The summed E-state index contributed by atoms with van der Waals surface area (Å²) in [6.45, 7) is 23.3. The lowest BCUT2D eigenvalue weighted by Gasteiger charge is -2.26. The van der Waals surface area contributed by atoms with E-state index in [9.17, 15) is 0 Å². The van der Waals surface area contributed by atoms with E-state index in [0.29, 0.717) is 0 Å². The lowest BCUT2D eigenvalue weighted by molar-refractivity contribution is 0.589. The average Bonchev–Trinajstić information content (AvgIpc) is 3.84. The molecule has 0 saturated heterocycles. The third-order valence-electron chi connectivity index (χ3n) is 16.1. The topological polar surface area (TPSA) is 0 Å². The summed E-state index contributed by atoms with van der Waals surface area (Å²) in [6, 6.07) is 65.4. The molecule has 0 heterocycles. The molecule has 0 fully saturated rings. The van der Waals surface area contributed by atoms with Gasteiger partial charge in [0.25, 0.3) is 0 Å². The van der Waals surface area contributed by atoms with Crippen LogP contribution in [0.2, 0.25) is 0 Å². The van der Waals surface area contributed by atoms with Crippen molar-refractivity contribution in [1.29, 1.82) is 0 Å². The fraction of sp³-hybridized carbons (Fsp3) is 0.171. The molecule has 2 aliphatic rings. The predicted molar refractivity (Wildman–Crippen MR) is 303 cm³/mol. The lowest BCUT2D eigenvalue weighted by Crippen LogP contribution is -2.12. The fourth-order valence-electron chi connectivity index (χ4n) is 12.9. The van der Waals surface area contributed by atoms with Gasteiger partial charge in [0.15, 0.2) is 0 Å². The third-order valence-corrected chi connectivity index (χ3v) is 16.1. The minimum Gasteiger partial charge on any atom is -0.0622 e. The average molecular weight is 899 g/mol. The molecule has 11 aromatic rings. The van der Waals surface area contributed by atoms with E-state index < -0.39 is 0 Å². The highest BCUT2D eigenvalue weighted by Gasteiger charge is 2.35. The van der Waals surface area contributed by atoms with Gasteiger partial charge in [-0.05, 0) is 216 Å². The molecule has 11 aromatic carbocycles. The van der Waals surface area contributed by atoms with Gasteiger partial charge in [0.05, 0.1) is 0 Å². The Morgan fingerprint density at radius 3 is 0.886 bits per heavy atom. The molecule has 0 aromatic heterocycles. The Balaban J connectivity index is 1.16. The minimum atomic E-state index is 0.0408. The number of rotatable bonds is 4. The van der Waals surface area contributed by atoms with E-state index in [4.69, 9.17) is 0 Å². The van der Waals surface area contributed by atoms with Gasteiger partial charge < -0.3 is 0 Å². The molecule has 2 aliphatic carbocycles. The van der Waals surface area contributed by atoms with Crippen molar-refractivity contribution in [3.05, 3.63) is 203 Å². The molecule has 338 valence electrons. The molecule has 0 radical (unpaired) electrons. The summed E-state index contributed by atoms with van der Waals surface area (Å²) in [5.41, 5.74) is 29.2. The maximum absolute atomic E-state index is 2.60. The van der Waals surface area contributed by atoms with Crippen molar-refractivity contribution >= 4 is 43.1 Å². The molecule has 0 amide bonds. The van der Waals surface area contributed by atoms with E-state index in [-0.39, 0.29) is 10.8 Å². The van der Waals surface area contributed by atoms with Crippen molar-refractivity contribution in [3.8, 4) is 89.0 Å². The van der Waals surface area contributed by atoms with E-state index in [0.717, 1.165) is 0 Å². The van der Waals surface area contributed by atoms with E-state index in [1.54, 1.807) is 0 Å². The smallest absolute Gasteiger partial charge is 0.000740 e. The van der Waals surface area contributed by atoms with Crippen LogP contribution in [0.3, 0.4) is 0 Å². The van der Waals surface area contributed by atoms with Crippen LogP contribution in [0, 0.1) is 27.7 Å². The minimum absolute atomic E-state index is 0.0408. The lowest BCUT2D eigenvalue weighted by atomic mass is 9.77. The van der Waals surface area contributed by atoms with Gasteiger partial charge >= 0.3 is 0 Å². The molecule has 0 nitrogen and oxygen atoms in total. The van der Waals surface area contributed by atoms with Gasteiger partial charge in [0.1, 0.15) is 0 Å². The monoisotopic (exact) mass is 898 g/mol. The summed E-state index contributed by atoms with van der Waals surface area (Å²) in [4.78, 5) is 0. The second kappa shape index (κ2) is 15.0. The van der Waals surface area contributed by atoms with Crippen LogP contribution in [-0.4, -0.2) is 0 Å². The van der Waals surface area contributed by atoms with Crippen molar-refractivity contribution in [2.24, 2.45) is 0 Å². The summed E-state index contributed by atoms with van der Waals surface area (Å²) in [5, 5.41) is 10.6. The van der Waals surface area contributed by atoms with Crippen LogP contribution >= 0.6 is 0 Å². The van der Waals surface area contributed by atoms with Crippen molar-refractivity contribution in [2.75, 3.05) is 0 Å². The van der Waals surface area contributed by atoms with Crippen molar-refractivity contribution in [1.82, 2.24) is 0 Å². The summed E-state index contributed by atoms with van der Waals surface area (Å²) in [6.07, 6.45) is 0. The Bertz CT molecular complexity index is 3760. The first-order valence-corrected chi connectivity index (χ1v) is 25.3. The first-order chi connectivity index (χ1) is 33.7. The van der Waals surface area contributed by atoms with Crippen LogP contribution in [0.25, 0.3) is 132 Å². The molecule has 0 atom stereocenters. The molecule has 0 unspecified atom stereocenters. The van der Waals surface area contributed by atoms with Gasteiger partial charge in [-0.25, -0.2) is 0 Å². The molecule has 13 rings (SSSR count). The summed E-state index contributed by atoms with van der Waals surface area (Å²) in [7, 11) is 0. The maximum atomic E-state index is 2.60. The first-order valence-electron chi connectivity index (χ1n) is 25.3. The molecule has 0 spiro atoms. The van der Waals surface area contributed by atoms with Crippen LogP contribution < -0.4 is 0 Å². The van der Waals surface area contributed by atoms with Gasteiger partial charge in [-0.2, -0.15) is 0 Å². The summed E-state index contributed by atoms with van der Waals surface area (Å²) < 4.78 is 0. The molecule has 70 heavy (non-hydrogen) atoms. The Hall–Kier alpha value is -7.54. The van der Waals surface area contributed by atoms with Crippen molar-refractivity contribution in [3.63, 3.8) is 0 Å². The van der Waals surface area contributed by atoms with Crippen molar-refractivity contribution < 1.29 is 0 Å². The molecular formula is C70H58. The first kappa shape index (κ1) is 42.6. The SMILES string of the molecule is Cc1cc(C(C)(C)C)cc(C)c1-c1c2ccccc2c(-c2c(C)cc(C(C)(C)C)cc2C)c2cc3c(cc12)-c1ccc2c4c(ccc-3c14)-c1c-2c(-c2ccccc2)c2ccccc2c1-c1ccccc1. The standard InChI is InChI=1S/C70H58/c1-39-33-45(69(5,6)7)34-40(2)59(39)64-49-27-19-20-28-50(49)65(60-41(3)35-46(36-42(60)4)70(8,9)10)58-38-56-52-30-32-54-66-53(31-29-51(63(52)66)55(56)37-57(58)64)67-61(43-21-13-11-14-22-43)47-25-17-18-26-48(47)62(68(54)67)44-23-15-12-16-24-44/h11-38H,1-10H3. The number of hydrogen-bond donors (Lipinski definition) is 0. The van der Waals surface area contributed by atoms with Gasteiger partial charge in [-0.15, -0.1) is 0 Å². The van der Waals surface area contributed by atoms with Gasteiger partial charge in [-0.3, -0.25) is 0 Å². The number of fused-ring (bicyclic) bond motifs is 9. The second-order valence-corrected chi connectivity index (χ2v) is 22.6. The molecule has 0 bridgehead atoms. The zero-order valence-electron chi connectivity index (χ0n) is 42.2. The Kier molecular flexibility index (Phi) is 9.11. The van der Waals surface area contributed by atoms with Crippen LogP contribution in [0.15, 0.2) is 170 Å². The fourth-order valence-corrected chi connectivity index (χ4v) is 12.9. The Labute approximate surface area is 413 Å². The Morgan fingerprint density at radius 1 is 0.243 bits per heavy atom. The zero-order chi connectivity index (χ0) is 48.1. The maximum Gasteiger partial charge on any atom is -0.000740 e. The molecule has 0 aliphatic heterocycles. The van der Waals surface area contributed by atoms with E-state index in [2.05, 4.69) is 239 Å². The van der Waals surface area contributed by atoms with E-state index >= 15 is 0 Å². The highest BCUT2D eigenvalue weighted by molar-refractivity contribution is 6.33. The van der Waals surface area contributed by atoms with Gasteiger partial charge in [0, 0.05) is 0 Å². The third kappa shape index (κ3) is 6.02. The summed E-state index contributed by atoms with van der Waals surface area (Å²) in [5.74, 6) is 0. The highest BCUT2D eigenvalue weighted by Crippen LogP contribution is 2.62. The number of aryl methyl sites for hydroxylation is 4. The number of benzene rings is 11. The molecule has 0 heteroatoms. The van der Waals surface area contributed by atoms with E-state index in [1.165, 1.54) is 165 Å². The predicted octanol–water partition coefficient (Wildman–Crippen LogP) is 20.1. The normalized spacial score (nSPS) is 12.7. The van der Waals surface area contributed by atoms with E-state index in [1.807, 2.05) is 0 Å². The van der Waals surface area contributed by atoms with Crippen LogP contribution in [-0.2, 0) is 10.8 Å². The highest BCUT2D eigenvalue weighted by atomic mass is 14.4. The molecule has 0 saturated carbocycles. The van der Waals surface area contributed by atoms with Crippen LogP contribution in [0.1, 0.15) is 74.9 Å². The van der Waals surface area contributed by atoms with Gasteiger partial charge in [-0.1, -0.05) is 199 Å². The molecular weight excluding hydrogens is 841 g/mol. The number of hydrogen-bond acceptors (Lipinski definition) is 0.